The van der Waals surface area contributed by atoms with Crippen molar-refractivity contribution in [3.05, 3.63) is 0 Å². The van der Waals surface area contributed by atoms with Crippen LogP contribution in [0.1, 0.15) is 219 Å². The molecule has 0 aromatic carbocycles. The molecule has 0 unspecified atom stereocenters. The first kappa shape index (κ1) is 46.7. The van der Waals surface area contributed by atoms with Crippen LogP contribution in [0.5, 0.6) is 0 Å². The molecule has 1 aliphatic heterocycles. The number of ether oxygens (including phenoxy) is 3. The minimum Gasteiger partial charge on any atom is -0.484 e. The van der Waals surface area contributed by atoms with Crippen LogP contribution in [0.3, 0.4) is 0 Å². The van der Waals surface area contributed by atoms with Crippen LogP contribution in [0.15, 0.2) is 0 Å². The van der Waals surface area contributed by atoms with E-state index in [1.54, 1.807) is 0 Å². The van der Waals surface area contributed by atoms with Crippen molar-refractivity contribution in [2.24, 2.45) is 0 Å². The molecule has 1 rings (SSSR count). The fourth-order valence-corrected chi connectivity index (χ4v) is 7.39. The number of hydrogen-bond acceptors (Lipinski definition) is 7. The van der Waals surface area contributed by atoms with E-state index in [9.17, 15) is 10.2 Å². The molecule has 0 saturated carbocycles. The molecule has 1 saturated heterocycles. The van der Waals surface area contributed by atoms with Gasteiger partial charge in [0.1, 0.15) is 24.9 Å². The van der Waals surface area contributed by atoms with E-state index in [1.807, 2.05) is 0 Å². The van der Waals surface area contributed by atoms with Gasteiger partial charge < -0.3 is 24.4 Å². The number of hydrogen-bond donors (Lipinski definition) is 2. The van der Waals surface area contributed by atoms with Gasteiger partial charge in [0.2, 0.25) is 0 Å². The number of rotatable bonds is 36. The summed E-state index contributed by atoms with van der Waals surface area (Å²) >= 11 is 10.8. The first-order valence-corrected chi connectivity index (χ1v) is 22.1. The predicted molar refractivity (Wildman–Crippen MR) is 217 cm³/mol. The zero-order valence-electron chi connectivity index (χ0n) is 32.3. The zero-order valence-corrected chi connectivity index (χ0v) is 33.9. The highest BCUT2D eigenvalue weighted by Crippen LogP contribution is 2.23. The first-order chi connectivity index (χ1) is 24.0. The fraction of sp³-hybridized carbons (Fsp3) is 0.952. The van der Waals surface area contributed by atoms with E-state index in [-0.39, 0.29) is 13.2 Å². The fourth-order valence-electron chi connectivity index (χ4n) is 6.91. The summed E-state index contributed by atoms with van der Waals surface area (Å²) in [7, 11) is 0. The molecule has 7 heteroatoms. The summed E-state index contributed by atoms with van der Waals surface area (Å²) in [5.74, 6) is 0. The van der Waals surface area contributed by atoms with Gasteiger partial charge in [0.15, 0.2) is 16.2 Å². The largest absolute Gasteiger partial charge is 0.484 e. The highest BCUT2D eigenvalue weighted by atomic mass is 32.1. The summed E-state index contributed by atoms with van der Waals surface area (Å²) in [5.41, 5.74) is 0. The van der Waals surface area contributed by atoms with E-state index in [4.69, 9.17) is 38.6 Å². The van der Waals surface area contributed by atoms with Gasteiger partial charge in [-0.25, -0.2) is 0 Å². The van der Waals surface area contributed by atoms with Crippen LogP contribution >= 0.6 is 24.4 Å². The smallest absolute Gasteiger partial charge is 0.160 e. The van der Waals surface area contributed by atoms with E-state index in [2.05, 4.69) is 13.8 Å². The van der Waals surface area contributed by atoms with E-state index >= 15 is 0 Å². The Morgan fingerprint density at radius 1 is 0.551 bits per heavy atom. The van der Waals surface area contributed by atoms with Gasteiger partial charge in [0.05, 0.1) is 6.61 Å². The zero-order chi connectivity index (χ0) is 35.6. The van der Waals surface area contributed by atoms with Crippen LogP contribution in [-0.2, 0) is 14.2 Å². The van der Waals surface area contributed by atoms with Crippen LogP contribution in [-0.4, -0.2) is 57.9 Å². The second kappa shape index (κ2) is 34.7. The van der Waals surface area contributed by atoms with E-state index in [0.717, 1.165) is 38.5 Å². The molecule has 1 fully saturated rings. The maximum atomic E-state index is 10.7. The quantitative estimate of drug-likeness (QED) is 0.0492. The minimum absolute atomic E-state index is 0.0234. The summed E-state index contributed by atoms with van der Waals surface area (Å²) in [5, 5.41) is 22.4. The van der Waals surface area contributed by atoms with Gasteiger partial charge in [-0.2, -0.15) is 0 Å². The first-order valence-electron chi connectivity index (χ1n) is 21.3. The standard InChI is InChI=1S/C42H80O5S2/c1-3-5-7-9-11-13-15-17-19-21-23-25-27-29-31-33-39(48)45-35-37(43)42-41(44)38(36-46-42)47-40(49)34-32-30-28-26-24-22-20-18-16-14-12-10-8-6-4-2/h37-38,41-44H,3-36H2,1-2H3/t37-,38+,41-,42-/m1/s1. The van der Waals surface area contributed by atoms with Gasteiger partial charge in [-0.3, -0.25) is 0 Å². The van der Waals surface area contributed by atoms with Crippen molar-refractivity contribution in [2.45, 2.75) is 244 Å². The predicted octanol–water partition coefficient (Wildman–Crippen LogP) is 12.7. The lowest BCUT2D eigenvalue weighted by Crippen LogP contribution is -2.42. The summed E-state index contributed by atoms with van der Waals surface area (Å²) < 4.78 is 17.2. The molecule has 1 aliphatic rings. The van der Waals surface area contributed by atoms with Crippen LogP contribution in [0.2, 0.25) is 0 Å². The number of unbranched alkanes of at least 4 members (excludes halogenated alkanes) is 28. The number of aliphatic hydroxyl groups is 2. The Labute approximate surface area is 314 Å². The lowest BCUT2D eigenvalue weighted by atomic mass is 10.0. The van der Waals surface area contributed by atoms with Gasteiger partial charge in [0, 0.05) is 12.8 Å². The molecule has 0 amide bonds. The van der Waals surface area contributed by atoms with Crippen molar-refractivity contribution < 1.29 is 24.4 Å². The molecule has 0 spiro atoms. The lowest BCUT2D eigenvalue weighted by molar-refractivity contribution is -0.0657. The third-order valence-corrected chi connectivity index (χ3v) is 10.8. The van der Waals surface area contributed by atoms with Crippen LogP contribution in [0, 0.1) is 0 Å². The molecule has 4 atom stereocenters. The van der Waals surface area contributed by atoms with Crippen molar-refractivity contribution in [1.82, 2.24) is 0 Å². The van der Waals surface area contributed by atoms with Crippen LogP contribution in [0.25, 0.3) is 0 Å². The average molecular weight is 729 g/mol. The summed E-state index contributed by atoms with van der Waals surface area (Å²) in [6.45, 7) is 4.79. The third kappa shape index (κ3) is 27.9. The molecule has 0 bridgehead atoms. The van der Waals surface area contributed by atoms with Crippen molar-refractivity contribution in [1.29, 1.82) is 0 Å². The van der Waals surface area contributed by atoms with Crippen molar-refractivity contribution >= 4 is 34.5 Å². The van der Waals surface area contributed by atoms with Gasteiger partial charge in [-0.05, 0) is 37.3 Å². The monoisotopic (exact) mass is 729 g/mol. The summed E-state index contributed by atoms with van der Waals surface area (Å²) in [6, 6.07) is 0. The Morgan fingerprint density at radius 3 is 1.24 bits per heavy atom. The van der Waals surface area contributed by atoms with Gasteiger partial charge in [0.25, 0.3) is 0 Å². The Balaban J connectivity index is 1.95. The average Bonchev–Trinajstić information content (AvgIpc) is 3.46. The highest BCUT2D eigenvalue weighted by molar-refractivity contribution is 7.80. The van der Waals surface area contributed by atoms with Crippen molar-refractivity contribution in [3.8, 4) is 0 Å². The van der Waals surface area contributed by atoms with Crippen LogP contribution in [0.4, 0.5) is 0 Å². The van der Waals surface area contributed by atoms with Gasteiger partial charge in [-0.15, -0.1) is 0 Å². The Morgan fingerprint density at radius 2 is 0.878 bits per heavy atom. The Bertz CT molecular complexity index is 751. The topological polar surface area (TPSA) is 68.2 Å². The molecule has 1 heterocycles. The second-order valence-electron chi connectivity index (χ2n) is 15.0. The normalized spacial score (nSPS) is 18.2. The van der Waals surface area contributed by atoms with Gasteiger partial charge >= 0.3 is 0 Å². The van der Waals surface area contributed by atoms with E-state index < -0.39 is 24.4 Å². The second-order valence-corrected chi connectivity index (χ2v) is 15.9. The summed E-state index contributed by atoms with van der Waals surface area (Å²) in [6.07, 6.45) is 38.2. The lowest BCUT2D eigenvalue weighted by Gasteiger charge is -2.23. The molecule has 0 aromatic rings. The molecule has 0 radical (unpaired) electrons. The molecular weight excluding hydrogens is 649 g/mol. The third-order valence-electron chi connectivity index (χ3n) is 10.2. The number of thiocarbonyl (C=S) groups is 2. The number of aliphatic hydroxyl groups excluding tert-OH is 2. The van der Waals surface area contributed by atoms with Crippen LogP contribution < -0.4 is 0 Å². The maximum Gasteiger partial charge on any atom is 0.160 e. The molecule has 2 N–H and O–H groups in total. The maximum absolute atomic E-state index is 10.7. The van der Waals surface area contributed by atoms with E-state index in [0.29, 0.717) is 10.1 Å². The Hall–Kier alpha value is -0.340. The molecule has 49 heavy (non-hydrogen) atoms. The van der Waals surface area contributed by atoms with Gasteiger partial charge in [-0.1, -0.05) is 194 Å². The SMILES string of the molecule is CCCCCCCCCCCCCCCCCC(=S)OC[C@@H](O)[C@H]1OC[C@H](OC(=S)CCCCCCCCCCCCCCCCC)[C@H]1O. The highest BCUT2D eigenvalue weighted by Gasteiger charge is 2.42. The van der Waals surface area contributed by atoms with E-state index in [1.165, 1.54) is 167 Å². The summed E-state index contributed by atoms with van der Waals surface area (Å²) in [4.78, 5) is 0. The minimum atomic E-state index is -0.966. The molecule has 290 valence electrons. The Kier molecular flexibility index (Phi) is 33.1. The molecule has 0 aliphatic carbocycles. The van der Waals surface area contributed by atoms with Crippen molar-refractivity contribution in [2.75, 3.05) is 13.2 Å². The molecule has 0 aromatic heterocycles. The molecular formula is C42H80O5S2. The van der Waals surface area contributed by atoms with Crippen molar-refractivity contribution in [3.63, 3.8) is 0 Å². The molecule has 5 nitrogen and oxygen atoms in total.